The Bertz CT molecular complexity index is 2590. The van der Waals surface area contributed by atoms with Gasteiger partial charge in [-0.2, -0.15) is 18.4 Å². The second-order valence-corrected chi connectivity index (χ2v) is 19.9. The summed E-state index contributed by atoms with van der Waals surface area (Å²) in [5.41, 5.74) is 1.24. The zero-order chi connectivity index (χ0) is 51.0. The van der Waals surface area contributed by atoms with Crippen LogP contribution in [0.5, 0.6) is 0 Å². The van der Waals surface area contributed by atoms with E-state index in [9.17, 15) is 37.6 Å². The largest absolute Gasteiger partial charge is 0.417 e. The molecule has 3 N–H and O–H groups in total. The molecule has 2 aliphatic rings. The van der Waals surface area contributed by atoms with Gasteiger partial charge in [0, 0.05) is 45.1 Å². The number of nitriles is 1. The molecular formula is C50H58F4N8O6S2. The normalized spacial score (nSPS) is 16.4. The van der Waals surface area contributed by atoms with E-state index in [1.165, 1.54) is 43.0 Å². The minimum absolute atomic E-state index is 0.142. The monoisotopic (exact) mass is 1010 g/mol. The van der Waals surface area contributed by atoms with E-state index in [1.54, 1.807) is 22.3 Å². The Morgan fingerprint density at radius 3 is 2.34 bits per heavy atom. The number of aryl methyl sites for hydroxylation is 1. The van der Waals surface area contributed by atoms with Crippen molar-refractivity contribution in [2.45, 2.75) is 104 Å². The molecule has 14 nitrogen and oxygen atoms in total. The average Bonchev–Trinajstić information content (AvgIpc) is 4.02. The van der Waals surface area contributed by atoms with Crippen LogP contribution in [-0.4, -0.2) is 95.8 Å². The SMILES string of the molecule is Cc1ncsc1-c1ccc(CNC(=O)[C@@H]2CCCN2C(=O)C(NC(=O)COCCCOCCCCNc2ccc(N3C(=S)N(c4ccc(C#N)c(C(F)(F)F)c4)C(=O)C3(C)C)cc2F)C(C)(C)C)cc1. The summed E-state index contributed by atoms with van der Waals surface area (Å²) in [7, 11) is 0. The fourth-order valence-electron chi connectivity index (χ4n) is 8.31. The molecule has 0 saturated carbocycles. The van der Waals surface area contributed by atoms with Crippen molar-refractivity contribution in [1.82, 2.24) is 20.5 Å². The van der Waals surface area contributed by atoms with Crippen LogP contribution in [0.4, 0.5) is 34.6 Å². The van der Waals surface area contributed by atoms with Crippen molar-refractivity contribution in [3.05, 3.63) is 94.4 Å². The minimum Gasteiger partial charge on any atom is -0.383 e. The third-order valence-electron chi connectivity index (χ3n) is 12.1. The molecule has 2 saturated heterocycles. The molecule has 4 amide bonds. The highest BCUT2D eigenvalue weighted by atomic mass is 32.1. The number of alkyl halides is 3. The van der Waals surface area contributed by atoms with Gasteiger partial charge in [-0.15, -0.1) is 11.3 Å². The number of halogens is 4. The topological polar surface area (TPSA) is 169 Å². The number of thiocarbonyl (C=S) groups is 1. The Morgan fingerprint density at radius 1 is 0.986 bits per heavy atom. The maximum absolute atomic E-state index is 15.4. The fourth-order valence-corrected chi connectivity index (χ4v) is 9.64. The number of thiazole rings is 1. The highest BCUT2D eigenvalue weighted by Gasteiger charge is 2.51. The summed E-state index contributed by atoms with van der Waals surface area (Å²) in [6, 6.07) is 15.1. The van der Waals surface area contributed by atoms with Crippen molar-refractivity contribution in [3.8, 4) is 16.5 Å². The molecular weight excluding hydrogens is 949 g/mol. The Labute approximate surface area is 414 Å². The molecule has 6 rings (SSSR count). The molecule has 70 heavy (non-hydrogen) atoms. The predicted molar refractivity (Wildman–Crippen MR) is 263 cm³/mol. The molecule has 2 fully saturated rings. The van der Waals surface area contributed by atoms with Gasteiger partial charge >= 0.3 is 6.18 Å². The molecule has 0 aliphatic carbocycles. The summed E-state index contributed by atoms with van der Waals surface area (Å²) in [6.07, 6.45) is -1.81. The van der Waals surface area contributed by atoms with Crippen LogP contribution in [0.25, 0.3) is 10.4 Å². The number of carbonyl (C=O) groups excluding carboxylic acids is 4. The number of nitrogens with one attached hydrogen (secondary N) is 3. The van der Waals surface area contributed by atoms with Crippen LogP contribution in [0.3, 0.4) is 0 Å². The highest BCUT2D eigenvalue weighted by molar-refractivity contribution is 7.81. The smallest absolute Gasteiger partial charge is 0.383 e. The summed E-state index contributed by atoms with van der Waals surface area (Å²) in [4.78, 5) is 63.1. The number of ether oxygens (including phenoxy) is 2. The van der Waals surface area contributed by atoms with Gasteiger partial charge in [0.15, 0.2) is 5.11 Å². The molecule has 2 atom stereocenters. The number of anilines is 3. The molecule has 374 valence electrons. The van der Waals surface area contributed by atoms with E-state index >= 15 is 4.39 Å². The van der Waals surface area contributed by atoms with Gasteiger partial charge in [-0.1, -0.05) is 45.0 Å². The summed E-state index contributed by atoms with van der Waals surface area (Å²) >= 11 is 7.14. The first kappa shape index (κ1) is 53.3. The Hall–Kier alpha value is -6.01. The van der Waals surface area contributed by atoms with Crippen molar-refractivity contribution in [2.24, 2.45) is 5.41 Å². The third-order valence-corrected chi connectivity index (χ3v) is 13.4. The minimum atomic E-state index is -4.84. The van der Waals surface area contributed by atoms with E-state index in [4.69, 9.17) is 21.7 Å². The summed E-state index contributed by atoms with van der Waals surface area (Å²) in [6.45, 7) is 12.6. The molecule has 2 aliphatic heterocycles. The van der Waals surface area contributed by atoms with E-state index in [0.29, 0.717) is 71.0 Å². The number of likely N-dealkylation sites (tertiary alicyclic amines) is 1. The molecule has 0 bridgehead atoms. The van der Waals surface area contributed by atoms with E-state index in [2.05, 4.69) is 20.9 Å². The number of carbonyl (C=O) groups is 4. The lowest BCUT2D eigenvalue weighted by atomic mass is 9.85. The maximum atomic E-state index is 15.4. The summed E-state index contributed by atoms with van der Waals surface area (Å²) in [5.74, 6) is -2.24. The summed E-state index contributed by atoms with van der Waals surface area (Å²) < 4.78 is 67.8. The Balaban J connectivity index is 0.870. The summed E-state index contributed by atoms with van der Waals surface area (Å²) in [5, 5.41) is 17.9. The van der Waals surface area contributed by atoms with Gasteiger partial charge < -0.3 is 35.2 Å². The van der Waals surface area contributed by atoms with Crippen LogP contribution in [0.1, 0.15) is 89.1 Å². The van der Waals surface area contributed by atoms with Crippen LogP contribution in [0, 0.1) is 29.5 Å². The second kappa shape index (κ2) is 22.8. The Kier molecular flexibility index (Phi) is 17.4. The molecule has 1 aromatic heterocycles. The lowest BCUT2D eigenvalue weighted by Gasteiger charge is -2.35. The van der Waals surface area contributed by atoms with E-state index < -0.39 is 58.0 Å². The highest BCUT2D eigenvalue weighted by Crippen LogP contribution is 2.40. The molecule has 0 radical (unpaired) electrons. The van der Waals surface area contributed by atoms with Crippen LogP contribution >= 0.6 is 23.6 Å². The van der Waals surface area contributed by atoms with Gasteiger partial charge in [-0.05, 0) is 118 Å². The number of hydrogen-bond donors (Lipinski definition) is 3. The number of hydrogen-bond acceptors (Lipinski definition) is 11. The van der Waals surface area contributed by atoms with Crippen molar-refractivity contribution < 1.29 is 46.2 Å². The van der Waals surface area contributed by atoms with Crippen molar-refractivity contribution in [1.29, 1.82) is 5.26 Å². The van der Waals surface area contributed by atoms with E-state index in [1.807, 2.05) is 57.5 Å². The van der Waals surface area contributed by atoms with Gasteiger partial charge in [-0.3, -0.25) is 24.1 Å². The number of amides is 4. The number of benzene rings is 3. The maximum Gasteiger partial charge on any atom is 0.417 e. The molecule has 0 spiro atoms. The first-order valence-electron chi connectivity index (χ1n) is 23.0. The van der Waals surface area contributed by atoms with Crippen molar-refractivity contribution in [3.63, 3.8) is 0 Å². The molecule has 3 heterocycles. The number of unbranched alkanes of at least 4 members (excludes halogenated alkanes) is 1. The lowest BCUT2D eigenvalue weighted by Crippen LogP contribution is -2.58. The Morgan fingerprint density at radius 2 is 1.69 bits per heavy atom. The van der Waals surface area contributed by atoms with Gasteiger partial charge in [0.2, 0.25) is 17.7 Å². The zero-order valence-corrected chi connectivity index (χ0v) is 41.6. The standard InChI is InChI=1S/C50H58F4N8O6S2/c1-31-42(70-30-58-31)33-14-12-32(13-15-33)28-57-44(64)40-11-9-21-60(40)45(65)43(48(2,3)4)59-41(63)29-68-24-10-23-67-22-8-7-20-56-39-19-18-36(26-38(39)51)62-47(69)61(46(66)49(62,5)6)35-17-16-34(27-55)37(25-35)50(52,53)54/h12-19,25-26,30,40,43,56H,7-11,20-24,28-29H2,1-6H3,(H,57,64)(H,59,63)/t40-,43?/m0/s1. The van der Waals surface area contributed by atoms with E-state index in [-0.39, 0.29) is 47.2 Å². The van der Waals surface area contributed by atoms with Crippen LogP contribution < -0.4 is 25.8 Å². The number of aromatic nitrogens is 1. The lowest BCUT2D eigenvalue weighted by molar-refractivity contribution is -0.144. The molecule has 1 unspecified atom stereocenters. The van der Waals surface area contributed by atoms with Crippen LogP contribution in [0.15, 0.2) is 66.2 Å². The second-order valence-electron chi connectivity index (χ2n) is 18.7. The predicted octanol–water partition coefficient (Wildman–Crippen LogP) is 8.52. The van der Waals surface area contributed by atoms with Crippen molar-refractivity contribution in [2.75, 3.05) is 54.6 Å². The van der Waals surface area contributed by atoms with Gasteiger partial charge in [-0.25, -0.2) is 9.37 Å². The molecule has 4 aromatic rings. The number of rotatable bonds is 20. The van der Waals surface area contributed by atoms with Crippen LogP contribution in [-0.2, 0) is 41.4 Å². The first-order valence-corrected chi connectivity index (χ1v) is 24.3. The molecule has 3 aromatic carbocycles. The first-order chi connectivity index (χ1) is 33.1. The van der Waals surface area contributed by atoms with E-state index in [0.717, 1.165) is 32.7 Å². The average molecular weight is 1010 g/mol. The van der Waals surface area contributed by atoms with Crippen molar-refractivity contribution >= 4 is 69.4 Å². The van der Waals surface area contributed by atoms with Crippen LogP contribution in [0.2, 0.25) is 0 Å². The zero-order valence-electron chi connectivity index (χ0n) is 40.0. The fraction of sp³-hybridized carbons (Fsp3) is 0.460. The molecule has 20 heteroatoms. The third kappa shape index (κ3) is 12.7. The quantitative estimate of drug-likeness (QED) is 0.0441. The number of nitrogens with zero attached hydrogens (tertiary/aromatic N) is 5. The van der Waals surface area contributed by atoms with Gasteiger partial charge in [0.1, 0.15) is 30.0 Å². The van der Waals surface area contributed by atoms with Gasteiger partial charge in [0.25, 0.3) is 5.91 Å². The van der Waals surface area contributed by atoms with Gasteiger partial charge in [0.05, 0.1) is 44.7 Å².